The number of thioether (sulfide) groups is 1. The molecule has 6 heteroatoms. The minimum Gasteiger partial charge on any atom is -0.423 e. The fourth-order valence-corrected chi connectivity index (χ4v) is 4.43. The number of hydrogen-bond acceptors (Lipinski definition) is 5. The number of carbonyl (C=O) groups is 2. The molecular weight excluding hydrogens is 450 g/mol. The van der Waals surface area contributed by atoms with Gasteiger partial charge in [0.2, 0.25) is 0 Å². The second kappa shape index (κ2) is 10.4. The van der Waals surface area contributed by atoms with Crippen LogP contribution in [0.5, 0.6) is 5.75 Å². The first-order valence-electron chi connectivity index (χ1n) is 10.3. The van der Waals surface area contributed by atoms with Gasteiger partial charge in [-0.25, -0.2) is 4.79 Å². The molecular formula is C27H21NO3S2. The quantitative estimate of drug-likeness (QED) is 0.191. The molecule has 0 N–H and O–H groups in total. The number of carbonyl (C=O) groups excluding carboxylic acids is 2. The third-order valence-corrected chi connectivity index (χ3v) is 6.32. The van der Waals surface area contributed by atoms with E-state index in [0.29, 0.717) is 21.5 Å². The molecule has 0 bridgehead atoms. The first kappa shape index (κ1) is 22.7. The summed E-state index contributed by atoms with van der Waals surface area (Å²) < 4.78 is 5.89. The third-order valence-electron chi connectivity index (χ3n) is 4.94. The van der Waals surface area contributed by atoms with Crippen molar-refractivity contribution in [1.29, 1.82) is 0 Å². The van der Waals surface area contributed by atoms with E-state index < -0.39 is 5.97 Å². The van der Waals surface area contributed by atoms with Gasteiger partial charge in [-0.1, -0.05) is 96.3 Å². The SMILES string of the molecule is Cc1ccc(CN2C(=O)C(=Cc3ccc(OC(=O)C=Cc4ccccc4)cc3)SC2=S)cc1. The van der Waals surface area contributed by atoms with Crippen molar-refractivity contribution in [3.8, 4) is 5.75 Å². The predicted molar refractivity (Wildman–Crippen MR) is 137 cm³/mol. The molecule has 0 atom stereocenters. The van der Waals surface area contributed by atoms with Crippen LogP contribution in [0.3, 0.4) is 0 Å². The van der Waals surface area contributed by atoms with Gasteiger partial charge in [-0.2, -0.15) is 0 Å². The summed E-state index contributed by atoms with van der Waals surface area (Å²) in [6.07, 6.45) is 4.90. The minimum absolute atomic E-state index is 0.105. The number of ether oxygens (including phenoxy) is 1. The molecule has 1 heterocycles. The highest BCUT2D eigenvalue weighted by Gasteiger charge is 2.31. The Hall–Kier alpha value is -3.48. The van der Waals surface area contributed by atoms with E-state index >= 15 is 0 Å². The summed E-state index contributed by atoms with van der Waals surface area (Å²) in [5, 5.41) is 0. The van der Waals surface area contributed by atoms with E-state index in [1.807, 2.05) is 61.5 Å². The first-order valence-corrected chi connectivity index (χ1v) is 11.6. The maximum atomic E-state index is 12.9. The molecule has 0 unspecified atom stereocenters. The average Bonchev–Trinajstić information content (AvgIpc) is 3.08. The Morgan fingerprint density at radius 2 is 1.67 bits per heavy atom. The summed E-state index contributed by atoms with van der Waals surface area (Å²) >= 11 is 6.72. The fraction of sp³-hybridized carbons (Fsp3) is 0.0741. The largest absolute Gasteiger partial charge is 0.423 e. The van der Waals surface area contributed by atoms with Gasteiger partial charge in [0.15, 0.2) is 0 Å². The standard InChI is InChI=1S/C27H21NO3S2/c1-19-7-9-22(10-8-19)18-28-26(30)24(33-27(28)32)17-21-11-14-23(15-12-21)31-25(29)16-13-20-5-3-2-4-6-20/h2-17H,18H2,1H3. The second-order valence-corrected chi connectivity index (χ2v) is 9.16. The number of benzene rings is 3. The summed E-state index contributed by atoms with van der Waals surface area (Å²) in [4.78, 5) is 27.1. The topological polar surface area (TPSA) is 46.6 Å². The highest BCUT2D eigenvalue weighted by Crippen LogP contribution is 2.33. The van der Waals surface area contributed by atoms with Crippen molar-refractivity contribution >= 4 is 52.3 Å². The zero-order valence-corrected chi connectivity index (χ0v) is 19.6. The van der Waals surface area contributed by atoms with Crippen LogP contribution in [0.2, 0.25) is 0 Å². The molecule has 4 rings (SSSR count). The van der Waals surface area contributed by atoms with Crippen molar-refractivity contribution in [3.05, 3.63) is 112 Å². The number of esters is 1. The van der Waals surface area contributed by atoms with Crippen LogP contribution in [-0.2, 0) is 16.1 Å². The maximum Gasteiger partial charge on any atom is 0.336 e. The molecule has 1 amide bonds. The lowest BCUT2D eigenvalue weighted by atomic mass is 10.1. The molecule has 4 nitrogen and oxygen atoms in total. The normalized spacial score (nSPS) is 14.9. The van der Waals surface area contributed by atoms with Gasteiger partial charge in [0.1, 0.15) is 10.1 Å². The molecule has 0 aromatic heterocycles. The number of hydrogen-bond donors (Lipinski definition) is 0. The lowest BCUT2D eigenvalue weighted by molar-refractivity contribution is -0.129. The molecule has 3 aromatic rings. The molecule has 1 saturated heterocycles. The Morgan fingerprint density at radius 3 is 2.36 bits per heavy atom. The van der Waals surface area contributed by atoms with Gasteiger partial charge in [0.05, 0.1) is 11.4 Å². The fourth-order valence-electron chi connectivity index (χ4n) is 3.17. The molecule has 0 radical (unpaired) electrons. The van der Waals surface area contributed by atoms with Gasteiger partial charge in [-0.3, -0.25) is 9.69 Å². The van der Waals surface area contributed by atoms with Crippen LogP contribution >= 0.6 is 24.0 Å². The van der Waals surface area contributed by atoms with Crippen molar-refractivity contribution in [2.45, 2.75) is 13.5 Å². The molecule has 0 saturated carbocycles. The Morgan fingerprint density at radius 1 is 0.970 bits per heavy atom. The second-order valence-electron chi connectivity index (χ2n) is 7.49. The number of aryl methyl sites for hydroxylation is 1. The predicted octanol–water partition coefficient (Wildman–Crippen LogP) is 6.02. The van der Waals surface area contributed by atoms with Crippen LogP contribution in [0.25, 0.3) is 12.2 Å². The summed E-state index contributed by atoms with van der Waals surface area (Å²) in [6.45, 7) is 2.48. The number of amides is 1. The molecule has 33 heavy (non-hydrogen) atoms. The molecule has 1 aliphatic rings. The van der Waals surface area contributed by atoms with Gasteiger partial charge in [-0.05, 0) is 47.9 Å². The molecule has 3 aromatic carbocycles. The highest BCUT2D eigenvalue weighted by molar-refractivity contribution is 8.26. The van der Waals surface area contributed by atoms with Crippen molar-refractivity contribution < 1.29 is 14.3 Å². The Bertz CT molecular complexity index is 1230. The number of rotatable bonds is 6. The van der Waals surface area contributed by atoms with Gasteiger partial charge in [0.25, 0.3) is 5.91 Å². The molecule has 164 valence electrons. The average molecular weight is 472 g/mol. The van der Waals surface area contributed by atoms with E-state index in [1.165, 1.54) is 23.4 Å². The van der Waals surface area contributed by atoms with Crippen LogP contribution in [0.15, 0.2) is 89.8 Å². The minimum atomic E-state index is -0.455. The number of nitrogens with zero attached hydrogens (tertiary/aromatic N) is 1. The van der Waals surface area contributed by atoms with Gasteiger partial charge >= 0.3 is 5.97 Å². The van der Waals surface area contributed by atoms with E-state index in [9.17, 15) is 9.59 Å². The molecule has 1 fully saturated rings. The summed E-state index contributed by atoms with van der Waals surface area (Å²) in [5.74, 6) is -0.127. The van der Waals surface area contributed by atoms with Crippen LogP contribution < -0.4 is 4.74 Å². The Labute approximate surface area is 202 Å². The van der Waals surface area contributed by atoms with Gasteiger partial charge in [0, 0.05) is 6.08 Å². The zero-order valence-electron chi connectivity index (χ0n) is 17.9. The lowest BCUT2D eigenvalue weighted by Gasteiger charge is -2.14. The van der Waals surface area contributed by atoms with E-state index in [1.54, 1.807) is 41.3 Å². The van der Waals surface area contributed by atoms with Crippen LogP contribution in [-0.4, -0.2) is 21.1 Å². The molecule has 1 aliphatic heterocycles. The van der Waals surface area contributed by atoms with Crippen molar-refractivity contribution in [1.82, 2.24) is 4.90 Å². The van der Waals surface area contributed by atoms with E-state index in [4.69, 9.17) is 17.0 Å². The summed E-state index contributed by atoms with van der Waals surface area (Å²) in [7, 11) is 0. The third kappa shape index (κ3) is 6.06. The van der Waals surface area contributed by atoms with Crippen molar-refractivity contribution in [2.24, 2.45) is 0 Å². The van der Waals surface area contributed by atoms with E-state index in [2.05, 4.69) is 0 Å². The van der Waals surface area contributed by atoms with E-state index in [-0.39, 0.29) is 5.91 Å². The van der Waals surface area contributed by atoms with Crippen LogP contribution in [0.4, 0.5) is 0 Å². The lowest BCUT2D eigenvalue weighted by Crippen LogP contribution is -2.27. The van der Waals surface area contributed by atoms with Crippen molar-refractivity contribution in [3.63, 3.8) is 0 Å². The zero-order chi connectivity index (χ0) is 23.2. The Kier molecular flexibility index (Phi) is 7.17. The highest BCUT2D eigenvalue weighted by atomic mass is 32.2. The van der Waals surface area contributed by atoms with Crippen LogP contribution in [0.1, 0.15) is 22.3 Å². The van der Waals surface area contributed by atoms with Crippen molar-refractivity contribution in [2.75, 3.05) is 0 Å². The smallest absolute Gasteiger partial charge is 0.336 e. The monoisotopic (exact) mass is 471 g/mol. The number of thiocarbonyl (C=S) groups is 1. The maximum absolute atomic E-state index is 12.9. The van der Waals surface area contributed by atoms with E-state index in [0.717, 1.165) is 16.7 Å². The molecule has 0 spiro atoms. The van der Waals surface area contributed by atoms with Gasteiger partial charge < -0.3 is 4.74 Å². The first-order chi connectivity index (χ1) is 16.0. The summed E-state index contributed by atoms with van der Waals surface area (Å²) in [6, 6.07) is 24.6. The molecule has 0 aliphatic carbocycles. The summed E-state index contributed by atoms with van der Waals surface area (Å²) in [5.41, 5.74) is 3.95. The van der Waals surface area contributed by atoms with Gasteiger partial charge in [-0.15, -0.1) is 0 Å². The Balaban J connectivity index is 1.38. The van der Waals surface area contributed by atoms with Crippen LogP contribution in [0, 0.1) is 6.92 Å².